The molecule has 1 atom stereocenters. The molecule has 0 spiro atoms. The van der Waals surface area contributed by atoms with Crippen LogP contribution in [0.3, 0.4) is 0 Å². The van der Waals surface area contributed by atoms with E-state index in [1.807, 2.05) is 0 Å². The highest BCUT2D eigenvalue weighted by Gasteiger charge is 2.18. The lowest BCUT2D eigenvalue weighted by atomic mass is 9.98. The van der Waals surface area contributed by atoms with Gasteiger partial charge in [0, 0.05) is 0 Å². The quantitative estimate of drug-likeness (QED) is 0.760. The van der Waals surface area contributed by atoms with E-state index in [-0.39, 0.29) is 6.04 Å². The van der Waals surface area contributed by atoms with Crippen LogP contribution in [0, 0.1) is 18.3 Å². The molecule has 2 heteroatoms. The summed E-state index contributed by atoms with van der Waals surface area (Å²) in [5.74, 6) is 0. The summed E-state index contributed by atoms with van der Waals surface area (Å²) in [7, 11) is 0. The fourth-order valence-electron chi connectivity index (χ4n) is 2.37. The van der Waals surface area contributed by atoms with E-state index in [2.05, 4.69) is 56.9 Å². The van der Waals surface area contributed by atoms with E-state index in [1.165, 1.54) is 11.1 Å². The molecule has 0 aliphatic heterocycles. The Hall–Kier alpha value is -1.33. The van der Waals surface area contributed by atoms with Gasteiger partial charge in [0.05, 0.1) is 6.07 Å². The van der Waals surface area contributed by atoms with Gasteiger partial charge < -0.3 is 0 Å². The van der Waals surface area contributed by atoms with E-state index < -0.39 is 0 Å². The molecule has 0 radical (unpaired) electrons. The van der Waals surface area contributed by atoms with Crippen molar-refractivity contribution >= 4 is 0 Å². The zero-order chi connectivity index (χ0) is 13.5. The zero-order valence-corrected chi connectivity index (χ0v) is 12.0. The molecule has 0 aliphatic rings. The van der Waals surface area contributed by atoms with Crippen molar-refractivity contribution in [3.8, 4) is 6.07 Å². The number of nitrogens with zero attached hydrogens (tertiary/aromatic N) is 2. The van der Waals surface area contributed by atoms with E-state index >= 15 is 0 Å². The molecule has 1 unspecified atom stereocenters. The molecule has 0 N–H and O–H groups in total. The van der Waals surface area contributed by atoms with Gasteiger partial charge in [0.25, 0.3) is 0 Å². The molecule has 0 saturated heterocycles. The van der Waals surface area contributed by atoms with Crippen molar-refractivity contribution in [2.24, 2.45) is 0 Å². The van der Waals surface area contributed by atoms with Crippen LogP contribution in [0.4, 0.5) is 0 Å². The van der Waals surface area contributed by atoms with Crippen LogP contribution in [0.1, 0.15) is 49.9 Å². The van der Waals surface area contributed by atoms with Crippen LogP contribution < -0.4 is 0 Å². The molecular formula is C16H24N2. The first-order valence-electron chi connectivity index (χ1n) is 6.90. The molecule has 0 fully saturated rings. The van der Waals surface area contributed by atoms with Crippen molar-refractivity contribution in [2.45, 2.75) is 46.6 Å². The molecule has 1 aromatic rings. The van der Waals surface area contributed by atoms with Crippen molar-refractivity contribution in [2.75, 3.05) is 13.1 Å². The van der Waals surface area contributed by atoms with Crippen LogP contribution in [-0.4, -0.2) is 18.0 Å². The van der Waals surface area contributed by atoms with Crippen molar-refractivity contribution in [1.29, 1.82) is 5.26 Å². The maximum Gasteiger partial charge on any atom is 0.123 e. The number of hydrogen-bond acceptors (Lipinski definition) is 2. The van der Waals surface area contributed by atoms with Crippen molar-refractivity contribution in [1.82, 2.24) is 4.90 Å². The molecular weight excluding hydrogens is 220 g/mol. The fraction of sp³-hybridized carbons (Fsp3) is 0.562. The lowest BCUT2D eigenvalue weighted by molar-refractivity contribution is 0.249. The Bertz CT molecular complexity index is 418. The summed E-state index contributed by atoms with van der Waals surface area (Å²) in [6.45, 7) is 10.5. The van der Waals surface area contributed by atoms with E-state index in [4.69, 9.17) is 0 Å². The zero-order valence-electron chi connectivity index (χ0n) is 12.0. The summed E-state index contributed by atoms with van der Waals surface area (Å²) in [5, 5.41) is 9.45. The summed E-state index contributed by atoms with van der Waals surface area (Å²) in [6.07, 6.45) is 2.11. The van der Waals surface area contributed by atoms with E-state index in [9.17, 15) is 5.26 Å². The second kappa shape index (κ2) is 7.18. The second-order valence-electron chi connectivity index (χ2n) is 4.70. The summed E-state index contributed by atoms with van der Waals surface area (Å²) in [6, 6.07) is 8.77. The molecule has 0 amide bonds. The Labute approximate surface area is 111 Å². The van der Waals surface area contributed by atoms with E-state index in [0.29, 0.717) is 0 Å². The Balaban J connectivity index is 3.05. The van der Waals surface area contributed by atoms with Gasteiger partial charge in [-0.05, 0) is 49.5 Å². The van der Waals surface area contributed by atoms with Crippen LogP contribution in [0.25, 0.3) is 0 Å². The van der Waals surface area contributed by atoms with Gasteiger partial charge in [0.1, 0.15) is 6.04 Å². The van der Waals surface area contributed by atoms with Crippen molar-refractivity contribution in [3.63, 3.8) is 0 Å². The summed E-state index contributed by atoms with van der Waals surface area (Å²) in [4.78, 5) is 2.24. The van der Waals surface area contributed by atoms with Crippen molar-refractivity contribution in [3.05, 3.63) is 34.9 Å². The molecule has 98 valence electrons. The van der Waals surface area contributed by atoms with E-state index in [1.54, 1.807) is 0 Å². The molecule has 0 bridgehead atoms. The number of benzene rings is 1. The van der Waals surface area contributed by atoms with Crippen LogP contribution >= 0.6 is 0 Å². The average molecular weight is 244 g/mol. The Kier molecular flexibility index (Phi) is 5.88. The minimum Gasteiger partial charge on any atom is -0.285 e. The summed E-state index contributed by atoms with van der Waals surface area (Å²) < 4.78 is 0. The number of aryl methyl sites for hydroxylation is 2. The van der Waals surface area contributed by atoms with Gasteiger partial charge in [0.2, 0.25) is 0 Å². The lowest BCUT2D eigenvalue weighted by Crippen LogP contribution is -2.28. The first kappa shape index (κ1) is 14.7. The largest absolute Gasteiger partial charge is 0.285 e. The predicted octanol–water partition coefficient (Wildman–Crippen LogP) is 3.85. The molecule has 0 aromatic heterocycles. The molecule has 1 aromatic carbocycles. The summed E-state index contributed by atoms with van der Waals surface area (Å²) >= 11 is 0. The standard InChI is InChI=1S/C16H24N2/c1-5-10-18(7-3)16(12-17)15-9-8-13(4)14(6-2)11-15/h8-9,11,16H,5-7,10H2,1-4H3. The summed E-state index contributed by atoms with van der Waals surface area (Å²) in [5.41, 5.74) is 3.80. The topological polar surface area (TPSA) is 27.0 Å². The normalized spacial score (nSPS) is 12.4. The van der Waals surface area contributed by atoms with Gasteiger partial charge in [-0.2, -0.15) is 5.26 Å². The van der Waals surface area contributed by atoms with Gasteiger partial charge in [0.15, 0.2) is 0 Å². The first-order valence-corrected chi connectivity index (χ1v) is 6.90. The third-order valence-corrected chi connectivity index (χ3v) is 3.47. The first-order chi connectivity index (χ1) is 8.67. The average Bonchev–Trinajstić information content (AvgIpc) is 2.40. The fourth-order valence-corrected chi connectivity index (χ4v) is 2.37. The number of nitriles is 1. The van der Waals surface area contributed by atoms with Gasteiger partial charge in [-0.3, -0.25) is 4.90 Å². The van der Waals surface area contributed by atoms with Gasteiger partial charge in [-0.25, -0.2) is 0 Å². The smallest absolute Gasteiger partial charge is 0.123 e. The number of hydrogen-bond donors (Lipinski definition) is 0. The van der Waals surface area contributed by atoms with Gasteiger partial charge >= 0.3 is 0 Å². The maximum absolute atomic E-state index is 9.45. The highest BCUT2D eigenvalue weighted by molar-refractivity contribution is 5.34. The maximum atomic E-state index is 9.45. The van der Waals surface area contributed by atoms with Crippen LogP contribution in [0.5, 0.6) is 0 Å². The molecule has 0 aliphatic carbocycles. The minimum atomic E-state index is -0.110. The third-order valence-electron chi connectivity index (χ3n) is 3.47. The van der Waals surface area contributed by atoms with Crippen LogP contribution in [0.2, 0.25) is 0 Å². The highest BCUT2D eigenvalue weighted by Crippen LogP contribution is 2.23. The lowest BCUT2D eigenvalue weighted by Gasteiger charge is -2.26. The minimum absolute atomic E-state index is 0.110. The van der Waals surface area contributed by atoms with E-state index in [0.717, 1.165) is 31.5 Å². The molecule has 2 nitrogen and oxygen atoms in total. The van der Waals surface area contributed by atoms with Crippen molar-refractivity contribution < 1.29 is 0 Å². The third kappa shape index (κ3) is 3.34. The monoisotopic (exact) mass is 244 g/mol. The van der Waals surface area contributed by atoms with Gasteiger partial charge in [-0.15, -0.1) is 0 Å². The molecule has 0 saturated carbocycles. The number of rotatable bonds is 6. The Morgan fingerprint density at radius 3 is 2.50 bits per heavy atom. The SMILES string of the molecule is CCCN(CC)C(C#N)c1ccc(C)c(CC)c1. The Morgan fingerprint density at radius 1 is 1.28 bits per heavy atom. The van der Waals surface area contributed by atoms with Crippen LogP contribution in [-0.2, 0) is 6.42 Å². The molecule has 18 heavy (non-hydrogen) atoms. The van der Waals surface area contributed by atoms with Crippen LogP contribution in [0.15, 0.2) is 18.2 Å². The van der Waals surface area contributed by atoms with Gasteiger partial charge in [-0.1, -0.05) is 39.0 Å². The molecule has 0 heterocycles. The second-order valence-corrected chi connectivity index (χ2v) is 4.70. The highest BCUT2D eigenvalue weighted by atomic mass is 15.1. The molecule has 1 rings (SSSR count). The predicted molar refractivity (Wildman–Crippen MR) is 76.4 cm³/mol. The Morgan fingerprint density at radius 2 is 2.00 bits per heavy atom.